The summed E-state index contributed by atoms with van der Waals surface area (Å²) in [6.45, 7) is 3.80. The van der Waals surface area contributed by atoms with Crippen LogP contribution in [0.25, 0.3) is 10.4 Å². The van der Waals surface area contributed by atoms with Gasteiger partial charge in [0.05, 0.1) is 39.6 Å². The first-order valence-electron chi connectivity index (χ1n) is 7.93. The summed E-state index contributed by atoms with van der Waals surface area (Å²) in [4.78, 5) is 2.63. The fourth-order valence-corrected chi connectivity index (χ4v) is 1.79. The van der Waals surface area contributed by atoms with E-state index in [9.17, 15) is 0 Å². The summed E-state index contributed by atoms with van der Waals surface area (Å²) >= 11 is 0. The van der Waals surface area contributed by atoms with Gasteiger partial charge < -0.3 is 24.1 Å². The first-order valence-corrected chi connectivity index (χ1v) is 7.93. The molecule has 0 aliphatic rings. The first-order chi connectivity index (χ1) is 11.9. The monoisotopic (exact) mass is 339 g/mol. The summed E-state index contributed by atoms with van der Waals surface area (Å²) < 4.78 is 21.5. The number of benzene rings is 1. The summed E-state index contributed by atoms with van der Waals surface area (Å²) in [6, 6.07) is 7.65. The molecule has 1 aromatic carbocycles. The number of hydrogen-bond acceptors (Lipinski definition) is 6. The van der Waals surface area contributed by atoms with Crippen molar-refractivity contribution in [3.8, 4) is 5.75 Å². The summed E-state index contributed by atoms with van der Waals surface area (Å²) in [5.41, 5.74) is 9.15. The van der Waals surface area contributed by atoms with Crippen LogP contribution in [0.3, 0.4) is 0 Å². The average Bonchev–Trinajstić information content (AvgIpc) is 2.60. The highest BCUT2D eigenvalue weighted by Crippen LogP contribution is 2.12. The molecule has 0 radical (unpaired) electrons. The quantitative estimate of drug-likeness (QED) is 0.227. The SMILES string of the molecule is [N-]=[N+]=NCCOCCOCCOCCOc1ccc(CCO)cc1. The molecule has 134 valence electrons. The molecule has 0 heterocycles. The van der Waals surface area contributed by atoms with Gasteiger partial charge in [-0.05, 0) is 29.6 Å². The van der Waals surface area contributed by atoms with Gasteiger partial charge in [-0.3, -0.25) is 0 Å². The van der Waals surface area contributed by atoms with Crippen molar-refractivity contribution in [2.75, 3.05) is 59.4 Å². The molecule has 0 unspecified atom stereocenters. The van der Waals surface area contributed by atoms with Crippen molar-refractivity contribution in [3.63, 3.8) is 0 Å². The Morgan fingerprint density at radius 3 is 2.04 bits per heavy atom. The van der Waals surface area contributed by atoms with Crippen molar-refractivity contribution in [2.45, 2.75) is 6.42 Å². The number of rotatable bonds is 15. The van der Waals surface area contributed by atoms with Crippen LogP contribution in [0.15, 0.2) is 29.4 Å². The van der Waals surface area contributed by atoms with Gasteiger partial charge in [-0.2, -0.15) is 0 Å². The molecule has 0 amide bonds. The molecule has 1 aromatic rings. The maximum Gasteiger partial charge on any atom is 0.119 e. The lowest BCUT2D eigenvalue weighted by Gasteiger charge is -2.08. The van der Waals surface area contributed by atoms with E-state index < -0.39 is 0 Å². The zero-order chi connectivity index (χ0) is 17.3. The molecule has 1 N–H and O–H groups in total. The van der Waals surface area contributed by atoms with Crippen LogP contribution in [0.5, 0.6) is 5.75 Å². The van der Waals surface area contributed by atoms with E-state index in [4.69, 9.17) is 29.6 Å². The van der Waals surface area contributed by atoms with Crippen molar-refractivity contribution in [2.24, 2.45) is 5.11 Å². The Hall–Kier alpha value is -1.83. The Labute approximate surface area is 141 Å². The molecule has 0 saturated carbocycles. The second-order valence-electron chi connectivity index (χ2n) is 4.76. The van der Waals surface area contributed by atoms with Crippen LogP contribution >= 0.6 is 0 Å². The normalized spacial score (nSPS) is 10.4. The van der Waals surface area contributed by atoms with E-state index in [1.165, 1.54) is 0 Å². The largest absolute Gasteiger partial charge is 0.491 e. The van der Waals surface area contributed by atoms with Crippen LogP contribution < -0.4 is 4.74 Å². The van der Waals surface area contributed by atoms with Gasteiger partial charge in [-0.1, -0.05) is 17.2 Å². The van der Waals surface area contributed by atoms with E-state index in [-0.39, 0.29) is 6.61 Å². The van der Waals surface area contributed by atoms with Crippen LogP contribution in [0, 0.1) is 0 Å². The lowest BCUT2D eigenvalue weighted by molar-refractivity contribution is 0.0106. The molecule has 0 atom stereocenters. The van der Waals surface area contributed by atoms with Crippen LogP contribution in [-0.4, -0.2) is 64.5 Å². The van der Waals surface area contributed by atoms with Gasteiger partial charge in [0.2, 0.25) is 0 Å². The second-order valence-corrected chi connectivity index (χ2v) is 4.76. The first kappa shape index (κ1) is 20.2. The molecule has 24 heavy (non-hydrogen) atoms. The summed E-state index contributed by atoms with van der Waals surface area (Å²) in [5, 5.41) is 12.2. The highest BCUT2D eigenvalue weighted by atomic mass is 16.6. The lowest BCUT2D eigenvalue weighted by Crippen LogP contribution is -2.13. The fourth-order valence-electron chi connectivity index (χ4n) is 1.79. The van der Waals surface area contributed by atoms with Gasteiger partial charge >= 0.3 is 0 Å². The molecule has 1 rings (SSSR count). The Morgan fingerprint density at radius 1 is 0.875 bits per heavy atom. The molecule has 8 heteroatoms. The predicted octanol–water partition coefficient (Wildman–Crippen LogP) is 1.96. The molecular weight excluding hydrogens is 314 g/mol. The van der Waals surface area contributed by atoms with Crippen molar-refractivity contribution in [3.05, 3.63) is 40.3 Å². The fraction of sp³-hybridized carbons (Fsp3) is 0.625. The third-order valence-corrected chi connectivity index (χ3v) is 2.96. The van der Waals surface area contributed by atoms with Gasteiger partial charge in [0.25, 0.3) is 0 Å². The summed E-state index contributed by atoms with van der Waals surface area (Å²) in [6.07, 6.45) is 0.655. The average molecular weight is 339 g/mol. The van der Waals surface area contributed by atoms with E-state index in [0.29, 0.717) is 59.2 Å². The standard InChI is InChI=1S/C16H25N3O5/c17-19-18-6-8-21-9-10-22-11-12-23-13-14-24-16-3-1-15(2-4-16)5-7-20/h1-4,20H,5-14H2. The second kappa shape index (κ2) is 14.7. The molecule has 0 aromatic heterocycles. The lowest BCUT2D eigenvalue weighted by atomic mass is 10.1. The van der Waals surface area contributed by atoms with E-state index in [2.05, 4.69) is 10.0 Å². The highest BCUT2D eigenvalue weighted by Gasteiger charge is 1.96. The van der Waals surface area contributed by atoms with Crippen LogP contribution in [-0.2, 0) is 20.6 Å². The van der Waals surface area contributed by atoms with Gasteiger partial charge in [0, 0.05) is 18.1 Å². The minimum atomic E-state index is 0.151. The minimum Gasteiger partial charge on any atom is -0.491 e. The Kier molecular flexibility index (Phi) is 12.4. The smallest absolute Gasteiger partial charge is 0.119 e. The maximum absolute atomic E-state index is 8.84. The van der Waals surface area contributed by atoms with E-state index >= 15 is 0 Å². The van der Waals surface area contributed by atoms with E-state index in [1.54, 1.807) is 0 Å². The molecule has 0 aliphatic heterocycles. The number of aliphatic hydroxyl groups is 1. The Morgan fingerprint density at radius 2 is 1.46 bits per heavy atom. The van der Waals surface area contributed by atoms with Gasteiger partial charge in [-0.15, -0.1) is 0 Å². The topological polar surface area (TPSA) is 106 Å². The molecule has 0 aliphatic carbocycles. The number of ether oxygens (including phenoxy) is 4. The number of nitrogens with zero attached hydrogens (tertiary/aromatic N) is 3. The van der Waals surface area contributed by atoms with Crippen molar-refractivity contribution < 1.29 is 24.1 Å². The minimum absolute atomic E-state index is 0.151. The van der Waals surface area contributed by atoms with Crippen molar-refractivity contribution in [1.29, 1.82) is 0 Å². The van der Waals surface area contributed by atoms with E-state index in [0.717, 1.165) is 11.3 Å². The zero-order valence-electron chi connectivity index (χ0n) is 13.8. The molecule has 8 nitrogen and oxygen atoms in total. The Bertz CT molecular complexity index is 463. The van der Waals surface area contributed by atoms with Crippen LogP contribution in [0.4, 0.5) is 0 Å². The van der Waals surface area contributed by atoms with Gasteiger partial charge in [0.15, 0.2) is 0 Å². The summed E-state index contributed by atoms with van der Waals surface area (Å²) in [5.74, 6) is 0.787. The van der Waals surface area contributed by atoms with Gasteiger partial charge in [0.1, 0.15) is 12.4 Å². The third-order valence-electron chi connectivity index (χ3n) is 2.96. The Balaban J connectivity index is 1.87. The predicted molar refractivity (Wildman–Crippen MR) is 89.2 cm³/mol. The molecule has 0 saturated heterocycles. The number of hydrogen-bond donors (Lipinski definition) is 1. The number of azide groups is 1. The molecule has 0 spiro atoms. The van der Waals surface area contributed by atoms with Crippen LogP contribution in [0.1, 0.15) is 5.56 Å². The van der Waals surface area contributed by atoms with Crippen molar-refractivity contribution in [1.82, 2.24) is 0 Å². The van der Waals surface area contributed by atoms with Crippen molar-refractivity contribution >= 4 is 0 Å². The molecular formula is C16H25N3O5. The van der Waals surface area contributed by atoms with E-state index in [1.807, 2.05) is 24.3 Å². The zero-order valence-corrected chi connectivity index (χ0v) is 13.8. The molecule has 0 fully saturated rings. The van der Waals surface area contributed by atoms with Gasteiger partial charge in [-0.25, -0.2) is 0 Å². The highest BCUT2D eigenvalue weighted by molar-refractivity contribution is 5.27. The summed E-state index contributed by atoms with van der Waals surface area (Å²) in [7, 11) is 0. The van der Waals surface area contributed by atoms with Crippen LogP contribution in [0.2, 0.25) is 0 Å². The maximum atomic E-state index is 8.84. The third kappa shape index (κ3) is 10.8. The number of aliphatic hydroxyl groups excluding tert-OH is 1. The molecule has 0 bridgehead atoms.